The van der Waals surface area contributed by atoms with Gasteiger partial charge in [0, 0.05) is 12.0 Å². The summed E-state index contributed by atoms with van der Waals surface area (Å²) >= 11 is 1.68. The van der Waals surface area contributed by atoms with Crippen molar-refractivity contribution in [2.45, 2.75) is 44.9 Å². The summed E-state index contributed by atoms with van der Waals surface area (Å²) < 4.78 is 8.06. The molecule has 0 saturated carbocycles. The van der Waals surface area contributed by atoms with Crippen molar-refractivity contribution in [2.24, 2.45) is 0 Å². The first-order valence-electron chi connectivity index (χ1n) is 9.26. The summed E-state index contributed by atoms with van der Waals surface area (Å²) in [6, 6.07) is 14.1. The second-order valence-electron chi connectivity index (χ2n) is 6.92. The molecule has 1 aromatic carbocycles. The summed E-state index contributed by atoms with van der Waals surface area (Å²) in [6.07, 6.45) is 3.59. The molecule has 0 radical (unpaired) electrons. The second kappa shape index (κ2) is 7.64. The quantitative estimate of drug-likeness (QED) is 0.705. The molecule has 136 valence electrons. The van der Waals surface area contributed by atoms with Crippen LogP contribution in [0.5, 0.6) is 0 Å². The van der Waals surface area contributed by atoms with E-state index in [1.165, 1.54) is 6.42 Å². The van der Waals surface area contributed by atoms with Crippen molar-refractivity contribution in [3.8, 4) is 0 Å². The molecule has 0 spiro atoms. The highest BCUT2D eigenvalue weighted by molar-refractivity contribution is 7.16. The summed E-state index contributed by atoms with van der Waals surface area (Å²) in [5.41, 5.74) is 1.83. The number of carbonyl (C=O) groups is 1. The normalized spacial score (nSPS) is 18.7. The van der Waals surface area contributed by atoms with Crippen LogP contribution in [0.25, 0.3) is 10.2 Å². The van der Waals surface area contributed by atoms with E-state index < -0.39 is 0 Å². The standard InChI is InChI=1S/C21H24N2O2S/c1-15(16-7-3-2-4-8-16)22-20(24)19-13-17-10-12-26-21(17)23(19)14-18-9-5-6-11-25-18/h2-4,7-8,10,12-13,15,18H,5-6,9,11,14H2,1H3,(H,22,24). The maximum Gasteiger partial charge on any atom is 0.268 e. The van der Waals surface area contributed by atoms with Crippen LogP contribution in [-0.2, 0) is 11.3 Å². The number of thiophene rings is 1. The topological polar surface area (TPSA) is 43.3 Å². The van der Waals surface area contributed by atoms with E-state index in [1.807, 2.05) is 43.3 Å². The fourth-order valence-corrected chi connectivity index (χ4v) is 4.50. The van der Waals surface area contributed by atoms with Gasteiger partial charge in [-0.1, -0.05) is 30.3 Å². The van der Waals surface area contributed by atoms with Gasteiger partial charge in [0.15, 0.2) is 0 Å². The van der Waals surface area contributed by atoms with Gasteiger partial charge in [0.25, 0.3) is 5.91 Å². The molecule has 4 rings (SSSR count). The van der Waals surface area contributed by atoms with E-state index in [2.05, 4.69) is 21.3 Å². The van der Waals surface area contributed by atoms with Crippen LogP contribution in [0.4, 0.5) is 0 Å². The van der Waals surface area contributed by atoms with Crippen molar-refractivity contribution >= 4 is 27.5 Å². The molecule has 1 aliphatic rings. The van der Waals surface area contributed by atoms with Crippen molar-refractivity contribution in [3.63, 3.8) is 0 Å². The minimum atomic E-state index is -0.0315. The molecule has 3 heterocycles. The van der Waals surface area contributed by atoms with Crippen molar-refractivity contribution in [3.05, 3.63) is 59.1 Å². The number of ether oxygens (including phenoxy) is 1. The first-order valence-corrected chi connectivity index (χ1v) is 10.1. The number of aromatic nitrogens is 1. The first kappa shape index (κ1) is 17.3. The zero-order valence-electron chi connectivity index (χ0n) is 15.0. The molecule has 1 aliphatic heterocycles. The van der Waals surface area contributed by atoms with Gasteiger partial charge in [-0.2, -0.15) is 0 Å². The maximum atomic E-state index is 13.0. The molecule has 5 heteroatoms. The lowest BCUT2D eigenvalue weighted by molar-refractivity contribution is 0.00644. The van der Waals surface area contributed by atoms with Crippen LogP contribution >= 0.6 is 11.3 Å². The van der Waals surface area contributed by atoms with Crippen LogP contribution in [0.2, 0.25) is 0 Å². The van der Waals surface area contributed by atoms with E-state index in [-0.39, 0.29) is 18.1 Å². The number of nitrogens with one attached hydrogen (secondary N) is 1. The SMILES string of the molecule is CC(NC(=O)c1cc2ccsc2n1CC1CCCCO1)c1ccccc1. The summed E-state index contributed by atoms with van der Waals surface area (Å²) in [5, 5.41) is 6.35. The summed E-state index contributed by atoms with van der Waals surface area (Å²) in [5.74, 6) is -0.0273. The first-order chi connectivity index (χ1) is 12.7. The lowest BCUT2D eigenvalue weighted by Crippen LogP contribution is -2.31. The van der Waals surface area contributed by atoms with Gasteiger partial charge in [0.2, 0.25) is 0 Å². The number of carbonyl (C=O) groups excluding carboxylic acids is 1. The Labute approximate surface area is 157 Å². The Morgan fingerprint density at radius 1 is 1.31 bits per heavy atom. The molecule has 0 bridgehead atoms. The predicted octanol–water partition coefficient (Wildman–Crippen LogP) is 4.76. The highest BCUT2D eigenvalue weighted by Gasteiger charge is 2.22. The van der Waals surface area contributed by atoms with Gasteiger partial charge >= 0.3 is 0 Å². The van der Waals surface area contributed by atoms with Crippen molar-refractivity contribution in [1.29, 1.82) is 0 Å². The van der Waals surface area contributed by atoms with Crippen molar-refractivity contribution in [1.82, 2.24) is 9.88 Å². The van der Waals surface area contributed by atoms with Crippen LogP contribution in [0.3, 0.4) is 0 Å². The van der Waals surface area contributed by atoms with Crippen LogP contribution in [-0.4, -0.2) is 23.2 Å². The Morgan fingerprint density at radius 2 is 2.15 bits per heavy atom. The lowest BCUT2D eigenvalue weighted by atomic mass is 10.1. The number of fused-ring (bicyclic) bond motifs is 1. The molecule has 1 saturated heterocycles. The van der Waals surface area contributed by atoms with Gasteiger partial charge in [-0.05, 0) is 49.3 Å². The molecule has 2 atom stereocenters. The monoisotopic (exact) mass is 368 g/mol. The molecule has 1 amide bonds. The molecule has 26 heavy (non-hydrogen) atoms. The summed E-state index contributed by atoms with van der Waals surface area (Å²) in [6.45, 7) is 3.59. The molecule has 2 aromatic heterocycles. The van der Waals surface area contributed by atoms with E-state index >= 15 is 0 Å². The highest BCUT2D eigenvalue weighted by Crippen LogP contribution is 2.28. The molecule has 3 aromatic rings. The molecule has 0 aliphatic carbocycles. The number of nitrogens with zero attached hydrogens (tertiary/aromatic N) is 1. The highest BCUT2D eigenvalue weighted by atomic mass is 32.1. The van der Waals surface area contributed by atoms with Crippen LogP contribution in [0, 0.1) is 0 Å². The third kappa shape index (κ3) is 3.55. The number of hydrogen-bond acceptors (Lipinski definition) is 3. The van der Waals surface area contributed by atoms with E-state index in [1.54, 1.807) is 11.3 Å². The Morgan fingerprint density at radius 3 is 2.92 bits per heavy atom. The van der Waals surface area contributed by atoms with Gasteiger partial charge < -0.3 is 14.6 Å². The maximum absolute atomic E-state index is 13.0. The minimum Gasteiger partial charge on any atom is -0.376 e. The second-order valence-corrected chi connectivity index (χ2v) is 7.81. The van der Waals surface area contributed by atoms with Crippen LogP contribution in [0.15, 0.2) is 47.8 Å². The van der Waals surface area contributed by atoms with E-state index in [4.69, 9.17) is 4.74 Å². The molecule has 1 N–H and O–H groups in total. The van der Waals surface area contributed by atoms with E-state index in [9.17, 15) is 4.79 Å². The van der Waals surface area contributed by atoms with E-state index in [0.29, 0.717) is 0 Å². The van der Waals surface area contributed by atoms with Crippen LogP contribution < -0.4 is 5.32 Å². The number of amides is 1. The number of benzene rings is 1. The zero-order chi connectivity index (χ0) is 17.9. The van der Waals surface area contributed by atoms with Crippen molar-refractivity contribution in [2.75, 3.05) is 6.61 Å². The van der Waals surface area contributed by atoms with E-state index in [0.717, 1.165) is 47.5 Å². The lowest BCUT2D eigenvalue weighted by Gasteiger charge is -2.24. The van der Waals surface area contributed by atoms with Gasteiger partial charge in [-0.15, -0.1) is 11.3 Å². The number of hydrogen-bond donors (Lipinski definition) is 1. The Kier molecular flexibility index (Phi) is 5.09. The van der Waals surface area contributed by atoms with Gasteiger partial charge in [0.05, 0.1) is 18.7 Å². The zero-order valence-corrected chi connectivity index (χ0v) is 15.8. The van der Waals surface area contributed by atoms with Crippen LogP contribution in [0.1, 0.15) is 48.3 Å². The Bertz CT molecular complexity index is 878. The fraction of sp³-hybridized carbons (Fsp3) is 0.381. The van der Waals surface area contributed by atoms with Gasteiger partial charge in [-0.3, -0.25) is 4.79 Å². The smallest absolute Gasteiger partial charge is 0.268 e. The molecular formula is C21H24N2O2S. The Balaban J connectivity index is 1.57. The summed E-state index contributed by atoms with van der Waals surface area (Å²) in [7, 11) is 0. The Hall–Kier alpha value is -2.11. The largest absolute Gasteiger partial charge is 0.376 e. The van der Waals surface area contributed by atoms with Gasteiger partial charge in [-0.25, -0.2) is 0 Å². The fourth-order valence-electron chi connectivity index (χ4n) is 3.60. The molecular weight excluding hydrogens is 344 g/mol. The molecule has 2 unspecified atom stereocenters. The molecule has 1 fully saturated rings. The third-order valence-corrected chi connectivity index (χ3v) is 5.99. The van der Waals surface area contributed by atoms with Crippen molar-refractivity contribution < 1.29 is 9.53 Å². The summed E-state index contributed by atoms with van der Waals surface area (Å²) in [4.78, 5) is 14.1. The predicted molar refractivity (Wildman–Crippen MR) is 106 cm³/mol. The minimum absolute atomic E-state index is 0.0273. The number of rotatable bonds is 5. The molecule has 4 nitrogen and oxygen atoms in total. The average molecular weight is 369 g/mol. The van der Waals surface area contributed by atoms with Gasteiger partial charge in [0.1, 0.15) is 10.5 Å². The average Bonchev–Trinajstić information content (AvgIpc) is 3.26. The third-order valence-electron chi connectivity index (χ3n) is 5.04.